The molecule has 1 amide bonds. The predicted octanol–water partition coefficient (Wildman–Crippen LogP) is 4.99. The molecule has 0 bridgehead atoms. The molecular weight excluding hydrogens is 751 g/mol. The highest BCUT2D eigenvalue weighted by Crippen LogP contribution is 2.54. The van der Waals surface area contributed by atoms with E-state index in [1.54, 1.807) is 36.4 Å². The normalized spacial score (nSPS) is 21.8. The molecule has 0 saturated carbocycles. The number of amides is 1. The molecule has 3 heterocycles. The number of ether oxygens (including phenoxy) is 5. The summed E-state index contributed by atoms with van der Waals surface area (Å²) in [7, 11) is -3.21. The van der Waals surface area contributed by atoms with Gasteiger partial charge in [0.2, 0.25) is 0 Å². The Kier molecular flexibility index (Phi) is 14.3. The molecule has 2 aliphatic rings. The lowest BCUT2D eigenvalue weighted by atomic mass is 10.1. The first-order chi connectivity index (χ1) is 26.0. The molecule has 2 aliphatic heterocycles. The number of phosphoric acid groups is 1. The fourth-order valence-corrected chi connectivity index (χ4v) is 7.02. The average Bonchev–Trinajstić information content (AvgIpc) is 3.79. The zero-order chi connectivity index (χ0) is 38.7. The highest BCUT2D eigenvalue weighted by atomic mass is 35.5. The number of hydrogen-bond acceptors (Lipinski definition) is 15. The van der Waals surface area contributed by atoms with Gasteiger partial charge >= 0.3 is 19.5 Å². The van der Waals surface area contributed by atoms with Crippen molar-refractivity contribution >= 4 is 42.9 Å². The summed E-state index contributed by atoms with van der Waals surface area (Å²) < 4.78 is 61.6. The standard InChI is InChI=1S/C35H38ClN4O13P/c1-22(41)10-15-29(42)48-21-27-31(53-54(45,49-20-6-17-37)52-26-8-4-3-7-25(26)36)32(51-30-9-5-19-47-30)34(50-27)40-18-16-28(39-35(40)44)38-33(43)23-11-13-24(46-2)14-12-23/h3-4,7-8,11-14,16,18,27,30-32,34H,5-6,9-10,15,19-21H2,1-2H3,(H,38,39,43,44)/t27-,30?,31-,32-,34-,54?/m1/s1. The summed E-state index contributed by atoms with van der Waals surface area (Å²) in [6, 6.07) is 15.6. The molecule has 54 heavy (non-hydrogen) atoms. The Labute approximate surface area is 314 Å². The molecule has 1 N–H and O–H groups in total. The SMILES string of the molecule is COc1ccc(C(=O)Nc2ccn([C@@H]3O[C@H](COC(=O)CCC(C)=O)[C@@H](OP(=O)(OCCC#N)Oc4ccccc4Cl)[C@H]3OC3CCCO3)c(=O)n2)cc1. The highest BCUT2D eigenvalue weighted by molar-refractivity contribution is 7.49. The minimum Gasteiger partial charge on any atom is -0.497 e. The van der Waals surface area contributed by atoms with Gasteiger partial charge in [0.15, 0.2) is 12.5 Å². The van der Waals surface area contributed by atoms with E-state index in [0.29, 0.717) is 25.2 Å². The first-order valence-corrected chi connectivity index (χ1v) is 18.7. The van der Waals surface area contributed by atoms with Gasteiger partial charge < -0.3 is 38.3 Å². The second-order valence-electron chi connectivity index (χ2n) is 12.0. The summed E-state index contributed by atoms with van der Waals surface area (Å²) in [6.07, 6.45) is -4.26. The molecule has 2 aromatic carbocycles. The van der Waals surface area contributed by atoms with E-state index < -0.39 is 62.8 Å². The molecule has 2 saturated heterocycles. The van der Waals surface area contributed by atoms with Crippen molar-refractivity contribution in [3.63, 3.8) is 0 Å². The maximum atomic E-state index is 14.4. The van der Waals surface area contributed by atoms with Crippen LogP contribution in [-0.2, 0) is 42.1 Å². The number of halogens is 1. The maximum Gasteiger partial charge on any atom is 0.530 e. The van der Waals surface area contributed by atoms with Gasteiger partial charge in [-0.3, -0.25) is 23.2 Å². The van der Waals surface area contributed by atoms with Crippen LogP contribution in [0.3, 0.4) is 0 Å². The Bertz CT molecular complexity index is 1930. The van der Waals surface area contributed by atoms with Crippen LogP contribution >= 0.6 is 19.4 Å². The van der Waals surface area contributed by atoms with Crippen LogP contribution in [0, 0.1) is 11.3 Å². The number of rotatable bonds is 18. The summed E-state index contributed by atoms with van der Waals surface area (Å²) in [5, 5.41) is 11.8. The first kappa shape index (κ1) is 40.5. The summed E-state index contributed by atoms with van der Waals surface area (Å²) in [6.45, 7) is 0.830. The number of benzene rings is 2. The molecule has 6 atom stereocenters. The van der Waals surface area contributed by atoms with Gasteiger partial charge in [-0.25, -0.2) is 9.36 Å². The minimum atomic E-state index is -4.71. The lowest BCUT2D eigenvalue weighted by Gasteiger charge is -2.29. The topological polar surface area (TPSA) is 213 Å². The van der Waals surface area contributed by atoms with E-state index in [1.807, 2.05) is 6.07 Å². The minimum absolute atomic E-state index is 0.0618. The lowest BCUT2D eigenvalue weighted by molar-refractivity contribution is -0.181. The number of carbonyl (C=O) groups excluding carboxylic acids is 3. The fourth-order valence-electron chi connectivity index (χ4n) is 5.37. The van der Waals surface area contributed by atoms with Crippen LogP contribution in [0.5, 0.6) is 11.5 Å². The van der Waals surface area contributed by atoms with E-state index in [9.17, 15) is 23.7 Å². The monoisotopic (exact) mass is 788 g/mol. The van der Waals surface area contributed by atoms with Crippen molar-refractivity contribution < 1.29 is 56.2 Å². The number of nitrogens with zero attached hydrogens (tertiary/aromatic N) is 3. The summed E-state index contributed by atoms with van der Waals surface area (Å²) in [4.78, 5) is 54.6. The number of ketones is 1. The van der Waals surface area contributed by atoms with Crippen molar-refractivity contribution in [2.45, 2.75) is 69.9 Å². The van der Waals surface area contributed by atoms with Crippen LogP contribution in [-0.4, -0.2) is 78.7 Å². The van der Waals surface area contributed by atoms with Gasteiger partial charge in [0.05, 0.1) is 37.7 Å². The van der Waals surface area contributed by atoms with Crippen LogP contribution in [0.2, 0.25) is 5.02 Å². The summed E-state index contributed by atoms with van der Waals surface area (Å²) in [5.74, 6) is -1.08. The molecule has 0 radical (unpaired) electrons. The number of Topliss-reactive ketones (excluding diaryl/α,β-unsaturated/α-hetero) is 1. The van der Waals surface area contributed by atoms with Gasteiger partial charge in [-0.2, -0.15) is 10.2 Å². The number of methoxy groups -OCH3 is 1. The Morgan fingerprint density at radius 2 is 1.89 bits per heavy atom. The number of carbonyl (C=O) groups is 3. The molecule has 0 aliphatic carbocycles. The number of anilines is 1. The fraction of sp³-hybridized carbons (Fsp3) is 0.429. The Morgan fingerprint density at radius 3 is 2.56 bits per heavy atom. The van der Waals surface area contributed by atoms with Crippen molar-refractivity contribution in [1.82, 2.24) is 9.55 Å². The third-order valence-electron chi connectivity index (χ3n) is 8.03. The highest BCUT2D eigenvalue weighted by Gasteiger charge is 2.53. The molecule has 3 aromatic rings. The van der Waals surface area contributed by atoms with Crippen LogP contribution < -0.4 is 20.3 Å². The van der Waals surface area contributed by atoms with Crippen LogP contribution in [0.15, 0.2) is 65.6 Å². The zero-order valence-electron chi connectivity index (χ0n) is 29.3. The van der Waals surface area contributed by atoms with Gasteiger partial charge in [0.25, 0.3) is 5.91 Å². The van der Waals surface area contributed by atoms with Crippen molar-refractivity contribution in [3.05, 3.63) is 81.9 Å². The quantitative estimate of drug-likeness (QED) is 0.102. The first-order valence-electron chi connectivity index (χ1n) is 16.8. The number of nitriles is 1. The third-order valence-corrected chi connectivity index (χ3v) is 9.76. The zero-order valence-corrected chi connectivity index (χ0v) is 30.9. The van der Waals surface area contributed by atoms with E-state index >= 15 is 0 Å². The molecule has 0 spiro atoms. The van der Waals surface area contributed by atoms with Gasteiger partial charge in [-0.15, -0.1) is 0 Å². The number of aromatic nitrogens is 2. The second-order valence-corrected chi connectivity index (χ2v) is 13.9. The Balaban J connectivity index is 1.47. The molecule has 1 aromatic heterocycles. The average molecular weight is 789 g/mol. The number of para-hydroxylation sites is 1. The van der Waals surface area contributed by atoms with Gasteiger partial charge in [-0.1, -0.05) is 23.7 Å². The van der Waals surface area contributed by atoms with Crippen molar-refractivity contribution in [3.8, 4) is 17.6 Å². The van der Waals surface area contributed by atoms with E-state index in [1.165, 1.54) is 38.4 Å². The molecule has 19 heteroatoms. The maximum absolute atomic E-state index is 14.4. The van der Waals surface area contributed by atoms with Crippen LogP contribution in [0.25, 0.3) is 0 Å². The van der Waals surface area contributed by atoms with Crippen LogP contribution in [0.4, 0.5) is 5.82 Å². The number of nitrogens with one attached hydrogen (secondary N) is 1. The molecule has 2 unspecified atom stereocenters. The van der Waals surface area contributed by atoms with Crippen LogP contribution in [0.1, 0.15) is 55.6 Å². The molecule has 288 valence electrons. The van der Waals surface area contributed by atoms with Crippen molar-refractivity contribution in [2.75, 3.05) is 32.2 Å². The second kappa shape index (κ2) is 19.1. The van der Waals surface area contributed by atoms with E-state index in [4.69, 9.17) is 54.1 Å². The number of esters is 1. The number of phosphoric ester groups is 1. The van der Waals surface area contributed by atoms with E-state index in [2.05, 4.69) is 10.3 Å². The summed E-state index contributed by atoms with van der Waals surface area (Å²) in [5.41, 5.74) is -0.598. The van der Waals surface area contributed by atoms with E-state index in [0.717, 1.165) is 4.57 Å². The predicted molar refractivity (Wildman–Crippen MR) is 189 cm³/mol. The smallest absolute Gasteiger partial charge is 0.497 e. The van der Waals surface area contributed by atoms with Gasteiger partial charge in [0, 0.05) is 31.2 Å². The molecule has 2 fully saturated rings. The molecule has 5 rings (SSSR count). The Hall–Kier alpha value is -4.66. The lowest BCUT2D eigenvalue weighted by Crippen LogP contribution is -2.42. The van der Waals surface area contributed by atoms with E-state index in [-0.39, 0.29) is 53.8 Å². The van der Waals surface area contributed by atoms with Crippen molar-refractivity contribution in [1.29, 1.82) is 5.26 Å². The molecule has 17 nitrogen and oxygen atoms in total. The Morgan fingerprint density at radius 1 is 1.11 bits per heavy atom. The number of hydrogen-bond donors (Lipinski definition) is 1. The largest absolute Gasteiger partial charge is 0.530 e. The van der Waals surface area contributed by atoms with Gasteiger partial charge in [-0.05, 0) is 55.8 Å². The van der Waals surface area contributed by atoms with Gasteiger partial charge in [0.1, 0.15) is 48.0 Å². The molecular formula is C35H38ClN4O13P. The van der Waals surface area contributed by atoms with Crippen molar-refractivity contribution in [2.24, 2.45) is 0 Å². The third kappa shape index (κ3) is 11.0. The summed E-state index contributed by atoms with van der Waals surface area (Å²) >= 11 is 6.29.